The molecule has 2 amide bonds. The van der Waals surface area contributed by atoms with E-state index in [4.69, 9.17) is 5.73 Å². The van der Waals surface area contributed by atoms with E-state index in [0.29, 0.717) is 56.3 Å². The van der Waals surface area contributed by atoms with Gasteiger partial charge in [0.25, 0.3) is 0 Å². The van der Waals surface area contributed by atoms with Crippen LogP contribution in [-0.4, -0.2) is 65.4 Å². The lowest BCUT2D eigenvalue weighted by Gasteiger charge is -2.30. The van der Waals surface area contributed by atoms with Gasteiger partial charge in [-0.2, -0.15) is 9.40 Å². The molecule has 2 aliphatic rings. The van der Waals surface area contributed by atoms with Gasteiger partial charge in [0.15, 0.2) is 0 Å². The number of carbonyl (C=O) groups is 2. The minimum absolute atomic E-state index is 0.0134. The quantitative estimate of drug-likeness (QED) is 0.743. The first-order valence-electron chi connectivity index (χ1n) is 10.2. The number of hydrogen-bond donors (Lipinski definition) is 1. The Morgan fingerprint density at radius 2 is 1.66 bits per heavy atom. The maximum Gasteiger partial charge on any atom is 0.246 e. The highest BCUT2D eigenvalue weighted by atomic mass is 32.2. The fraction of sp³-hybridized carbons (Fsp3) is 0.737. The number of hydrogen-bond acceptors (Lipinski definition) is 5. The molecule has 1 aromatic rings. The molecular weight excluding hydrogens is 394 g/mol. The van der Waals surface area contributed by atoms with Crippen LogP contribution in [0.5, 0.6) is 0 Å². The monoisotopic (exact) mass is 425 g/mol. The van der Waals surface area contributed by atoms with Crippen LogP contribution in [0, 0.1) is 25.7 Å². The van der Waals surface area contributed by atoms with Crippen molar-refractivity contribution in [2.24, 2.45) is 17.6 Å². The van der Waals surface area contributed by atoms with Crippen molar-refractivity contribution in [3.8, 4) is 0 Å². The van der Waals surface area contributed by atoms with E-state index in [2.05, 4.69) is 12.0 Å². The average molecular weight is 426 g/mol. The van der Waals surface area contributed by atoms with E-state index in [1.165, 1.54) is 8.99 Å². The molecule has 10 heteroatoms. The molecule has 2 fully saturated rings. The standard InChI is InChI=1S/C19H31N5O4S/c1-13-4-10-23(11-5-13)29(27,28)18-14(2)21-24(15(18)3)12-17(25)22-8-6-16(7-9-22)19(20)26/h13,16H,4-12H2,1-3H3,(H2,20,26). The zero-order valence-electron chi connectivity index (χ0n) is 17.4. The molecule has 1 aromatic heterocycles. The molecule has 2 N–H and O–H groups in total. The molecule has 0 aromatic carbocycles. The van der Waals surface area contributed by atoms with Crippen LogP contribution in [0.1, 0.15) is 44.0 Å². The van der Waals surface area contributed by atoms with Gasteiger partial charge in [-0.05, 0) is 45.4 Å². The van der Waals surface area contributed by atoms with Crippen molar-refractivity contribution < 1.29 is 18.0 Å². The van der Waals surface area contributed by atoms with Crippen molar-refractivity contribution in [2.75, 3.05) is 26.2 Å². The Kier molecular flexibility index (Phi) is 6.33. The van der Waals surface area contributed by atoms with Crippen molar-refractivity contribution in [3.05, 3.63) is 11.4 Å². The predicted molar refractivity (Wildman–Crippen MR) is 107 cm³/mol. The van der Waals surface area contributed by atoms with Gasteiger partial charge in [-0.1, -0.05) is 6.92 Å². The van der Waals surface area contributed by atoms with Gasteiger partial charge in [-0.3, -0.25) is 14.3 Å². The zero-order chi connectivity index (χ0) is 21.3. The number of nitrogens with two attached hydrogens (primary N) is 1. The minimum atomic E-state index is -3.63. The Morgan fingerprint density at radius 3 is 2.21 bits per heavy atom. The maximum atomic E-state index is 13.2. The second-order valence-corrected chi connectivity index (χ2v) is 10.2. The molecular formula is C19H31N5O4S. The third-order valence-corrected chi connectivity index (χ3v) is 8.34. The third-order valence-electron chi connectivity index (χ3n) is 6.19. The Morgan fingerprint density at radius 1 is 1.07 bits per heavy atom. The molecule has 2 aliphatic heterocycles. The Hall–Kier alpha value is -1.94. The van der Waals surface area contributed by atoms with Crippen LogP contribution in [0.4, 0.5) is 0 Å². The van der Waals surface area contributed by atoms with E-state index in [-0.39, 0.29) is 29.2 Å². The molecule has 9 nitrogen and oxygen atoms in total. The number of amides is 2. The number of carbonyl (C=O) groups excluding carboxylic acids is 2. The van der Waals surface area contributed by atoms with E-state index in [1.807, 2.05) is 0 Å². The molecule has 29 heavy (non-hydrogen) atoms. The van der Waals surface area contributed by atoms with E-state index < -0.39 is 10.0 Å². The van der Waals surface area contributed by atoms with Gasteiger partial charge in [-0.15, -0.1) is 0 Å². The van der Waals surface area contributed by atoms with E-state index in [9.17, 15) is 18.0 Å². The van der Waals surface area contributed by atoms with Gasteiger partial charge in [0.05, 0.1) is 11.4 Å². The van der Waals surface area contributed by atoms with Crippen molar-refractivity contribution >= 4 is 21.8 Å². The highest BCUT2D eigenvalue weighted by Crippen LogP contribution is 2.27. The number of likely N-dealkylation sites (tertiary alicyclic amines) is 1. The van der Waals surface area contributed by atoms with Gasteiger partial charge in [0.1, 0.15) is 11.4 Å². The summed E-state index contributed by atoms with van der Waals surface area (Å²) >= 11 is 0. The number of aryl methyl sites for hydroxylation is 1. The highest BCUT2D eigenvalue weighted by Gasteiger charge is 2.33. The van der Waals surface area contributed by atoms with E-state index in [1.54, 1.807) is 18.7 Å². The van der Waals surface area contributed by atoms with Crippen LogP contribution >= 0.6 is 0 Å². The zero-order valence-corrected chi connectivity index (χ0v) is 18.2. The number of aromatic nitrogens is 2. The number of nitrogens with zero attached hydrogens (tertiary/aromatic N) is 4. The molecule has 162 valence electrons. The first-order chi connectivity index (χ1) is 13.6. The molecule has 0 saturated carbocycles. The van der Waals surface area contributed by atoms with Crippen molar-refractivity contribution in [1.29, 1.82) is 0 Å². The van der Waals surface area contributed by atoms with Crippen LogP contribution < -0.4 is 5.73 Å². The molecule has 3 rings (SSSR count). The smallest absolute Gasteiger partial charge is 0.246 e. The maximum absolute atomic E-state index is 13.2. The molecule has 0 spiro atoms. The minimum Gasteiger partial charge on any atom is -0.369 e. The Balaban J connectivity index is 1.73. The lowest BCUT2D eigenvalue weighted by atomic mass is 9.96. The van der Waals surface area contributed by atoms with Gasteiger partial charge in [0.2, 0.25) is 21.8 Å². The summed E-state index contributed by atoms with van der Waals surface area (Å²) < 4.78 is 29.4. The summed E-state index contributed by atoms with van der Waals surface area (Å²) in [6, 6.07) is 0. The SMILES string of the molecule is Cc1nn(CC(=O)N2CCC(C(N)=O)CC2)c(C)c1S(=O)(=O)N1CCC(C)CC1. The summed E-state index contributed by atoms with van der Waals surface area (Å²) in [4.78, 5) is 25.9. The van der Waals surface area contributed by atoms with Gasteiger partial charge in [0, 0.05) is 32.1 Å². The van der Waals surface area contributed by atoms with Crippen LogP contribution in [-0.2, 0) is 26.2 Å². The summed E-state index contributed by atoms with van der Waals surface area (Å²) in [6.45, 7) is 7.48. The summed E-state index contributed by atoms with van der Waals surface area (Å²) in [7, 11) is -3.63. The highest BCUT2D eigenvalue weighted by molar-refractivity contribution is 7.89. The fourth-order valence-corrected chi connectivity index (χ4v) is 6.05. The van der Waals surface area contributed by atoms with Gasteiger partial charge >= 0.3 is 0 Å². The summed E-state index contributed by atoms with van der Waals surface area (Å²) in [6.07, 6.45) is 2.83. The van der Waals surface area contributed by atoms with Gasteiger partial charge < -0.3 is 10.6 Å². The van der Waals surface area contributed by atoms with Crippen LogP contribution in [0.3, 0.4) is 0 Å². The fourth-order valence-electron chi connectivity index (χ4n) is 4.20. The summed E-state index contributed by atoms with van der Waals surface area (Å²) in [5.74, 6) is -0.105. The lowest BCUT2D eigenvalue weighted by molar-refractivity contribution is -0.135. The second-order valence-electron chi connectivity index (χ2n) is 8.30. The number of rotatable bonds is 5. The van der Waals surface area contributed by atoms with Crippen LogP contribution in [0.25, 0.3) is 0 Å². The first kappa shape index (κ1) is 21.8. The largest absolute Gasteiger partial charge is 0.369 e. The van der Waals surface area contributed by atoms with Crippen molar-refractivity contribution in [3.63, 3.8) is 0 Å². The molecule has 0 aliphatic carbocycles. The van der Waals surface area contributed by atoms with Crippen LogP contribution in [0.15, 0.2) is 4.90 Å². The first-order valence-corrected chi connectivity index (χ1v) is 11.7. The predicted octanol–water partition coefficient (Wildman–Crippen LogP) is 0.644. The molecule has 0 radical (unpaired) electrons. The lowest BCUT2D eigenvalue weighted by Crippen LogP contribution is -2.43. The average Bonchev–Trinajstić information content (AvgIpc) is 2.95. The summed E-state index contributed by atoms with van der Waals surface area (Å²) in [5, 5.41) is 4.35. The second kappa shape index (κ2) is 8.43. The number of sulfonamides is 1. The normalized spacial score (nSPS) is 20.2. The Labute approximate surface area is 172 Å². The van der Waals surface area contributed by atoms with E-state index >= 15 is 0 Å². The van der Waals surface area contributed by atoms with Crippen molar-refractivity contribution in [2.45, 2.75) is 57.9 Å². The molecule has 3 heterocycles. The number of piperidine rings is 2. The Bertz CT molecular complexity index is 879. The molecule has 0 bridgehead atoms. The number of primary amides is 1. The molecule has 0 unspecified atom stereocenters. The van der Waals surface area contributed by atoms with E-state index in [0.717, 1.165) is 12.8 Å². The third kappa shape index (κ3) is 4.48. The van der Waals surface area contributed by atoms with Crippen LogP contribution in [0.2, 0.25) is 0 Å². The van der Waals surface area contributed by atoms with Gasteiger partial charge in [-0.25, -0.2) is 8.42 Å². The topological polar surface area (TPSA) is 119 Å². The summed E-state index contributed by atoms with van der Waals surface area (Å²) in [5.41, 5.74) is 6.25. The molecule has 0 atom stereocenters. The van der Waals surface area contributed by atoms with Crippen molar-refractivity contribution in [1.82, 2.24) is 19.0 Å². The molecule has 2 saturated heterocycles.